The molecule has 0 bridgehead atoms. The largest absolute Gasteiger partial charge is 0.392 e. The molecule has 7 heteroatoms. The van der Waals surface area contributed by atoms with Crippen molar-refractivity contribution in [3.63, 3.8) is 0 Å². The van der Waals surface area contributed by atoms with Gasteiger partial charge in [-0.1, -0.05) is 0 Å². The van der Waals surface area contributed by atoms with Crippen molar-refractivity contribution in [3.05, 3.63) is 29.6 Å². The Morgan fingerprint density at radius 2 is 2.11 bits per heavy atom. The fourth-order valence-corrected chi connectivity index (χ4v) is 2.67. The van der Waals surface area contributed by atoms with Gasteiger partial charge in [-0.3, -0.25) is 0 Å². The summed E-state index contributed by atoms with van der Waals surface area (Å²) in [6, 6.07) is 2.72. The van der Waals surface area contributed by atoms with Crippen molar-refractivity contribution in [3.8, 4) is 0 Å². The van der Waals surface area contributed by atoms with E-state index in [9.17, 15) is 12.8 Å². The molecule has 102 valence electrons. The van der Waals surface area contributed by atoms with Gasteiger partial charge in [0.1, 0.15) is 5.82 Å². The van der Waals surface area contributed by atoms with Crippen LogP contribution in [0, 0.1) is 12.7 Å². The predicted molar refractivity (Wildman–Crippen MR) is 66.0 cm³/mol. The van der Waals surface area contributed by atoms with Gasteiger partial charge in [-0.05, 0) is 37.6 Å². The molecule has 5 nitrogen and oxygen atoms in total. The minimum atomic E-state index is -3.74. The van der Waals surface area contributed by atoms with Crippen LogP contribution >= 0.6 is 0 Å². The normalized spacial score (nSPS) is 15.4. The number of benzene rings is 1. The maximum atomic E-state index is 12.9. The lowest BCUT2D eigenvalue weighted by atomic mass is 10.2. The van der Waals surface area contributed by atoms with Crippen molar-refractivity contribution in [1.82, 2.24) is 4.72 Å². The van der Waals surface area contributed by atoms with Crippen molar-refractivity contribution in [1.29, 1.82) is 0 Å². The maximum absolute atomic E-state index is 12.9. The summed E-state index contributed by atoms with van der Waals surface area (Å²) in [5, 5.41) is 9.17. The average molecular weight is 276 g/mol. The number of halogens is 1. The van der Waals surface area contributed by atoms with E-state index in [2.05, 4.69) is 4.72 Å². The Morgan fingerprint density at radius 3 is 2.61 bits per heavy atom. The van der Waals surface area contributed by atoms with Crippen LogP contribution < -0.4 is 10.5 Å². The van der Waals surface area contributed by atoms with E-state index >= 15 is 0 Å². The standard InChI is InChI=1S/C11H17FN2O3S/c1-7-5-9(12)3-4-11(7)18(16,17)14-6-10(13)8(2)15/h3-5,8,10,14-15H,6,13H2,1-2H3. The molecule has 0 saturated carbocycles. The van der Waals surface area contributed by atoms with Gasteiger partial charge in [0.2, 0.25) is 10.0 Å². The summed E-state index contributed by atoms with van der Waals surface area (Å²) in [5.74, 6) is -0.493. The molecule has 4 N–H and O–H groups in total. The van der Waals surface area contributed by atoms with Gasteiger partial charge in [0.05, 0.1) is 11.0 Å². The van der Waals surface area contributed by atoms with Gasteiger partial charge in [-0.25, -0.2) is 17.5 Å². The van der Waals surface area contributed by atoms with Crippen LogP contribution in [-0.2, 0) is 10.0 Å². The summed E-state index contributed by atoms with van der Waals surface area (Å²) in [7, 11) is -3.74. The van der Waals surface area contributed by atoms with Crippen LogP contribution in [0.5, 0.6) is 0 Å². The number of rotatable bonds is 5. The van der Waals surface area contributed by atoms with Crippen molar-refractivity contribution >= 4 is 10.0 Å². The molecule has 0 fully saturated rings. The zero-order valence-corrected chi connectivity index (χ0v) is 11.0. The van der Waals surface area contributed by atoms with Gasteiger partial charge < -0.3 is 10.8 Å². The van der Waals surface area contributed by atoms with Crippen molar-refractivity contribution in [2.45, 2.75) is 30.9 Å². The molecular weight excluding hydrogens is 259 g/mol. The Morgan fingerprint density at radius 1 is 1.50 bits per heavy atom. The molecule has 1 aromatic rings. The lowest BCUT2D eigenvalue weighted by Crippen LogP contribution is -2.43. The Hall–Kier alpha value is -1.02. The molecule has 18 heavy (non-hydrogen) atoms. The zero-order valence-electron chi connectivity index (χ0n) is 10.2. The zero-order chi connectivity index (χ0) is 13.9. The molecule has 0 heterocycles. The molecule has 2 atom stereocenters. The van der Waals surface area contributed by atoms with E-state index in [1.165, 1.54) is 19.9 Å². The van der Waals surface area contributed by atoms with E-state index in [4.69, 9.17) is 10.8 Å². The van der Waals surface area contributed by atoms with E-state index in [0.29, 0.717) is 5.56 Å². The van der Waals surface area contributed by atoms with E-state index in [0.717, 1.165) is 12.1 Å². The minimum absolute atomic E-state index is 0.00157. The van der Waals surface area contributed by atoms with Crippen LogP contribution in [0.25, 0.3) is 0 Å². The first-order valence-electron chi connectivity index (χ1n) is 5.43. The van der Waals surface area contributed by atoms with Crippen LogP contribution in [-0.4, -0.2) is 32.2 Å². The molecule has 0 saturated heterocycles. The molecule has 0 spiro atoms. The summed E-state index contributed by atoms with van der Waals surface area (Å²) < 4.78 is 39.0. The first-order valence-corrected chi connectivity index (χ1v) is 6.92. The van der Waals surface area contributed by atoms with Gasteiger partial charge in [0, 0.05) is 12.6 Å². The third kappa shape index (κ3) is 3.74. The number of aryl methyl sites for hydroxylation is 1. The van der Waals surface area contributed by atoms with Gasteiger partial charge in [-0.2, -0.15) is 0 Å². The summed E-state index contributed by atoms with van der Waals surface area (Å²) in [6.45, 7) is 2.89. The van der Waals surface area contributed by atoms with Crippen LogP contribution in [0.3, 0.4) is 0 Å². The quantitative estimate of drug-likeness (QED) is 0.712. The molecule has 0 radical (unpaired) electrons. The van der Waals surface area contributed by atoms with Gasteiger partial charge in [-0.15, -0.1) is 0 Å². The number of hydrogen-bond donors (Lipinski definition) is 3. The van der Waals surface area contributed by atoms with Gasteiger partial charge in [0.15, 0.2) is 0 Å². The highest BCUT2D eigenvalue weighted by atomic mass is 32.2. The fourth-order valence-electron chi connectivity index (χ4n) is 1.37. The first kappa shape index (κ1) is 15.0. The second kappa shape index (κ2) is 5.75. The smallest absolute Gasteiger partial charge is 0.240 e. The second-order valence-electron chi connectivity index (χ2n) is 4.17. The highest BCUT2D eigenvalue weighted by Crippen LogP contribution is 2.15. The summed E-state index contributed by atoms with van der Waals surface area (Å²) in [4.78, 5) is 0.00157. The Kier molecular flexibility index (Phi) is 4.80. The third-order valence-electron chi connectivity index (χ3n) is 2.56. The summed E-state index contributed by atoms with van der Waals surface area (Å²) in [5.41, 5.74) is 5.84. The Balaban J connectivity index is 2.87. The van der Waals surface area contributed by atoms with Crippen LogP contribution in [0.1, 0.15) is 12.5 Å². The third-order valence-corrected chi connectivity index (χ3v) is 4.14. The predicted octanol–water partition coefficient (Wildman–Crippen LogP) is 0.121. The van der Waals surface area contributed by atoms with Crippen molar-refractivity contribution < 1.29 is 17.9 Å². The number of nitrogens with two attached hydrogens (primary N) is 1. The van der Waals surface area contributed by atoms with E-state index in [1.54, 1.807) is 0 Å². The highest BCUT2D eigenvalue weighted by Gasteiger charge is 2.19. The molecular formula is C11H17FN2O3S. The molecule has 1 aromatic carbocycles. The first-order chi connectivity index (χ1) is 8.24. The number of hydrogen-bond acceptors (Lipinski definition) is 4. The van der Waals surface area contributed by atoms with E-state index in [1.807, 2.05) is 0 Å². The van der Waals surface area contributed by atoms with Gasteiger partial charge >= 0.3 is 0 Å². The highest BCUT2D eigenvalue weighted by molar-refractivity contribution is 7.89. The fraction of sp³-hybridized carbons (Fsp3) is 0.455. The molecule has 0 aliphatic carbocycles. The maximum Gasteiger partial charge on any atom is 0.240 e. The van der Waals surface area contributed by atoms with Gasteiger partial charge in [0.25, 0.3) is 0 Å². The van der Waals surface area contributed by atoms with Crippen LogP contribution in [0.4, 0.5) is 4.39 Å². The van der Waals surface area contributed by atoms with Crippen LogP contribution in [0.15, 0.2) is 23.1 Å². The Bertz CT molecular complexity index is 517. The molecule has 0 aliphatic heterocycles. The second-order valence-corrected chi connectivity index (χ2v) is 5.90. The topological polar surface area (TPSA) is 92.4 Å². The van der Waals surface area contributed by atoms with Crippen molar-refractivity contribution in [2.24, 2.45) is 5.73 Å². The van der Waals surface area contributed by atoms with Crippen molar-refractivity contribution in [2.75, 3.05) is 6.54 Å². The average Bonchev–Trinajstić information content (AvgIpc) is 2.25. The Labute approximate surface area is 106 Å². The van der Waals surface area contributed by atoms with E-state index < -0.39 is 28.0 Å². The molecule has 0 amide bonds. The number of aliphatic hydroxyl groups excluding tert-OH is 1. The molecule has 1 rings (SSSR count). The lowest BCUT2D eigenvalue weighted by Gasteiger charge is -2.16. The number of sulfonamides is 1. The summed E-state index contributed by atoms with van der Waals surface area (Å²) >= 11 is 0. The number of nitrogens with one attached hydrogen (secondary N) is 1. The number of aliphatic hydroxyl groups is 1. The SMILES string of the molecule is Cc1cc(F)ccc1S(=O)(=O)NCC(N)C(C)O. The monoisotopic (exact) mass is 276 g/mol. The van der Waals surface area contributed by atoms with Crippen LogP contribution in [0.2, 0.25) is 0 Å². The lowest BCUT2D eigenvalue weighted by molar-refractivity contribution is 0.164. The summed E-state index contributed by atoms with van der Waals surface area (Å²) in [6.07, 6.45) is -0.818. The molecule has 0 aliphatic rings. The molecule has 0 aromatic heterocycles. The minimum Gasteiger partial charge on any atom is -0.392 e. The molecule has 2 unspecified atom stereocenters. The van der Waals surface area contributed by atoms with E-state index in [-0.39, 0.29) is 11.4 Å².